The second-order valence-electron chi connectivity index (χ2n) is 3.68. The minimum absolute atomic E-state index is 0.0895. The number of hydrogen-bond acceptors (Lipinski definition) is 3. The van der Waals surface area contributed by atoms with Crippen LogP contribution in [0.25, 0.3) is 0 Å². The van der Waals surface area contributed by atoms with Crippen LogP contribution in [-0.4, -0.2) is 25.7 Å². The number of rotatable bonds is 1. The van der Waals surface area contributed by atoms with Crippen LogP contribution in [0.4, 0.5) is 5.69 Å². The SMILES string of the molecule is Cc1cccc(N2CCOCC2=O)c1C#N. The van der Waals surface area contributed by atoms with Crippen molar-refractivity contribution in [2.75, 3.05) is 24.7 Å². The second kappa shape index (κ2) is 4.33. The van der Waals surface area contributed by atoms with E-state index in [9.17, 15) is 4.79 Å². The Balaban J connectivity index is 2.43. The van der Waals surface area contributed by atoms with Gasteiger partial charge >= 0.3 is 0 Å². The van der Waals surface area contributed by atoms with Crippen molar-refractivity contribution in [3.63, 3.8) is 0 Å². The molecule has 0 bridgehead atoms. The van der Waals surface area contributed by atoms with Crippen molar-refractivity contribution in [1.82, 2.24) is 0 Å². The van der Waals surface area contributed by atoms with Gasteiger partial charge in [0.2, 0.25) is 0 Å². The van der Waals surface area contributed by atoms with Crippen LogP contribution >= 0.6 is 0 Å². The molecule has 1 fully saturated rings. The Kier molecular flexibility index (Phi) is 2.88. The predicted molar refractivity (Wildman–Crippen MR) is 59.1 cm³/mol. The summed E-state index contributed by atoms with van der Waals surface area (Å²) in [7, 11) is 0. The molecule has 0 saturated carbocycles. The maximum Gasteiger partial charge on any atom is 0.253 e. The third-order valence-electron chi connectivity index (χ3n) is 2.64. The van der Waals surface area contributed by atoms with E-state index >= 15 is 0 Å². The first-order valence-corrected chi connectivity index (χ1v) is 5.12. The summed E-state index contributed by atoms with van der Waals surface area (Å²) in [4.78, 5) is 13.3. The lowest BCUT2D eigenvalue weighted by molar-refractivity contribution is -0.125. The molecule has 2 rings (SSSR count). The molecule has 0 unspecified atom stereocenters. The third-order valence-corrected chi connectivity index (χ3v) is 2.64. The van der Waals surface area contributed by atoms with E-state index in [1.54, 1.807) is 11.0 Å². The smallest absolute Gasteiger partial charge is 0.253 e. The number of amides is 1. The van der Waals surface area contributed by atoms with Gasteiger partial charge in [0.15, 0.2) is 0 Å². The van der Waals surface area contributed by atoms with E-state index in [1.807, 2.05) is 19.1 Å². The zero-order valence-electron chi connectivity index (χ0n) is 9.06. The molecule has 1 aromatic carbocycles. The fourth-order valence-corrected chi connectivity index (χ4v) is 1.80. The summed E-state index contributed by atoms with van der Waals surface area (Å²) in [6.45, 7) is 2.99. The number of ether oxygens (including phenoxy) is 1. The van der Waals surface area contributed by atoms with Crippen molar-refractivity contribution in [3.8, 4) is 6.07 Å². The highest BCUT2D eigenvalue weighted by atomic mass is 16.5. The molecule has 0 aromatic heterocycles. The summed E-state index contributed by atoms with van der Waals surface area (Å²) in [5.41, 5.74) is 2.15. The summed E-state index contributed by atoms with van der Waals surface area (Å²) in [5, 5.41) is 9.10. The molecule has 0 N–H and O–H groups in total. The van der Waals surface area contributed by atoms with Gasteiger partial charge in [-0.15, -0.1) is 0 Å². The number of benzene rings is 1. The minimum atomic E-state index is -0.0895. The number of carbonyl (C=O) groups is 1. The van der Waals surface area contributed by atoms with Gasteiger partial charge in [-0.25, -0.2) is 0 Å². The Morgan fingerprint density at radius 1 is 1.50 bits per heavy atom. The highest BCUT2D eigenvalue weighted by Crippen LogP contribution is 2.24. The Labute approximate surface area is 94.0 Å². The molecule has 16 heavy (non-hydrogen) atoms. The Bertz CT molecular complexity index is 463. The molecule has 4 heteroatoms. The zero-order valence-corrected chi connectivity index (χ0v) is 9.06. The largest absolute Gasteiger partial charge is 0.370 e. The fraction of sp³-hybridized carbons (Fsp3) is 0.333. The highest BCUT2D eigenvalue weighted by molar-refractivity contribution is 5.96. The van der Waals surface area contributed by atoms with Gasteiger partial charge < -0.3 is 9.64 Å². The van der Waals surface area contributed by atoms with Gasteiger partial charge in [0.1, 0.15) is 12.7 Å². The summed E-state index contributed by atoms with van der Waals surface area (Å²) in [5.74, 6) is -0.0895. The predicted octanol–water partition coefficient (Wildman–Crippen LogP) is 1.23. The van der Waals surface area contributed by atoms with Crippen molar-refractivity contribution in [3.05, 3.63) is 29.3 Å². The molecule has 1 aromatic rings. The fourth-order valence-electron chi connectivity index (χ4n) is 1.80. The van der Waals surface area contributed by atoms with Crippen molar-refractivity contribution in [2.24, 2.45) is 0 Å². The Morgan fingerprint density at radius 3 is 3.00 bits per heavy atom. The molecule has 1 aliphatic heterocycles. The van der Waals surface area contributed by atoms with Crippen LogP contribution in [-0.2, 0) is 9.53 Å². The van der Waals surface area contributed by atoms with Crippen LogP contribution in [0.1, 0.15) is 11.1 Å². The maximum atomic E-state index is 11.7. The molecule has 1 saturated heterocycles. The lowest BCUT2D eigenvalue weighted by Crippen LogP contribution is -2.42. The van der Waals surface area contributed by atoms with Crippen molar-refractivity contribution < 1.29 is 9.53 Å². The lowest BCUT2D eigenvalue weighted by atomic mass is 10.1. The van der Waals surface area contributed by atoms with Crippen molar-refractivity contribution in [1.29, 1.82) is 5.26 Å². The Morgan fingerprint density at radius 2 is 2.31 bits per heavy atom. The van der Waals surface area contributed by atoms with Gasteiger partial charge in [0, 0.05) is 6.54 Å². The van der Waals surface area contributed by atoms with Gasteiger partial charge in [0.05, 0.1) is 17.9 Å². The number of morpholine rings is 1. The standard InChI is InChI=1S/C12H12N2O2/c1-9-3-2-4-11(10(9)7-13)14-5-6-16-8-12(14)15/h2-4H,5-6,8H2,1H3. The van der Waals surface area contributed by atoms with Crippen LogP contribution < -0.4 is 4.90 Å². The maximum absolute atomic E-state index is 11.7. The normalized spacial score (nSPS) is 16.0. The first kappa shape index (κ1) is 10.7. The average Bonchev–Trinajstić information content (AvgIpc) is 2.29. The van der Waals surface area contributed by atoms with E-state index in [0.717, 1.165) is 5.56 Å². The Hall–Kier alpha value is -1.86. The average molecular weight is 216 g/mol. The summed E-state index contributed by atoms with van der Waals surface area (Å²) >= 11 is 0. The first-order chi connectivity index (χ1) is 7.74. The number of aryl methyl sites for hydroxylation is 1. The summed E-state index contributed by atoms with van der Waals surface area (Å²) in [6, 6.07) is 7.67. The minimum Gasteiger partial charge on any atom is -0.370 e. The monoisotopic (exact) mass is 216 g/mol. The quantitative estimate of drug-likeness (QED) is 0.709. The van der Waals surface area contributed by atoms with Crippen LogP contribution in [0.3, 0.4) is 0 Å². The number of carbonyl (C=O) groups excluding carboxylic acids is 1. The van der Waals surface area contributed by atoms with E-state index in [0.29, 0.717) is 24.4 Å². The summed E-state index contributed by atoms with van der Waals surface area (Å²) < 4.78 is 5.06. The third kappa shape index (κ3) is 1.77. The molecular weight excluding hydrogens is 204 g/mol. The molecule has 0 atom stereocenters. The molecule has 0 spiro atoms. The number of nitriles is 1. The van der Waals surface area contributed by atoms with Crippen LogP contribution in [0.15, 0.2) is 18.2 Å². The van der Waals surface area contributed by atoms with Gasteiger partial charge in [-0.1, -0.05) is 12.1 Å². The van der Waals surface area contributed by atoms with Crippen molar-refractivity contribution >= 4 is 11.6 Å². The number of hydrogen-bond donors (Lipinski definition) is 0. The van der Waals surface area contributed by atoms with E-state index < -0.39 is 0 Å². The topological polar surface area (TPSA) is 53.3 Å². The molecule has 0 radical (unpaired) electrons. The van der Waals surface area contributed by atoms with Gasteiger partial charge in [-0.3, -0.25) is 4.79 Å². The second-order valence-corrected chi connectivity index (χ2v) is 3.68. The lowest BCUT2D eigenvalue weighted by Gasteiger charge is -2.27. The van der Waals surface area contributed by atoms with E-state index in [2.05, 4.69) is 6.07 Å². The highest BCUT2D eigenvalue weighted by Gasteiger charge is 2.22. The number of nitrogens with zero attached hydrogens (tertiary/aromatic N) is 2. The van der Waals surface area contributed by atoms with E-state index in [4.69, 9.17) is 10.00 Å². The van der Waals surface area contributed by atoms with E-state index in [1.165, 1.54) is 0 Å². The van der Waals surface area contributed by atoms with Crippen LogP contribution in [0.5, 0.6) is 0 Å². The molecule has 1 heterocycles. The molecule has 1 aliphatic rings. The summed E-state index contributed by atoms with van der Waals surface area (Å²) in [6.07, 6.45) is 0. The van der Waals surface area contributed by atoms with Gasteiger partial charge in [-0.2, -0.15) is 5.26 Å². The van der Waals surface area contributed by atoms with Gasteiger partial charge in [-0.05, 0) is 18.6 Å². The molecule has 4 nitrogen and oxygen atoms in total. The zero-order chi connectivity index (χ0) is 11.5. The number of anilines is 1. The molecular formula is C12H12N2O2. The molecule has 82 valence electrons. The first-order valence-electron chi connectivity index (χ1n) is 5.12. The van der Waals surface area contributed by atoms with Crippen LogP contribution in [0.2, 0.25) is 0 Å². The molecule has 1 amide bonds. The van der Waals surface area contributed by atoms with E-state index in [-0.39, 0.29) is 12.5 Å². The van der Waals surface area contributed by atoms with Gasteiger partial charge in [0.25, 0.3) is 5.91 Å². The molecule has 0 aliphatic carbocycles. The van der Waals surface area contributed by atoms with Crippen LogP contribution in [0, 0.1) is 18.3 Å². The van der Waals surface area contributed by atoms with Crippen molar-refractivity contribution in [2.45, 2.75) is 6.92 Å².